The van der Waals surface area contributed by atoms with Crippen LogP contribution >= 0.6 is 0 Å². The maximum Gasteiger partial charge on any atom is 0.326 e. The Balaban J connectivity index is 2.54. The van der Waals surface area contributed by atoms with Gasteiger partial charge < -0.3 is 15.7 Å². The lowest BCUT2D eigenvalue weighted by atomic mass is 10.1. The molecule has 21 heavy (non-hydrogen) atoms. The lowest BCUT2D eigenvalue weighted by molar-refractivity contribution is -0.139. The second-order valence-corrected chi connectivity index (χ2v) is 5.73. The maximum atomic E-state index is 11.9. The van der Waals surface area contributed by atoms with Crippen LogP contribution in [-0.4, -0.2) is 29.2 Å². The van der Waals surface area contributed by atoms with E-state index in [1.165, 1.54) is 0 Å². The first kappa shape index (κ1) is 17.0. The van der Waals surface area contributed by atoms with Gasteiger partial charge in [-0.3, -0.25) is 0 Å². The third-order valence-corrected chi connectivity index (χ3v) is 3.09. The van der Waals surface area contributed by atoms with Crippen molar-refractivity contribution in [2.75, 3.05) is 0 Å². The zero-order chi connectivity index (χ0) is 15.8. The van der Waals surface area contributed by atoms with Crippen molar-refractivity contribution < 1.29 is 14.7 Å². The summed E-state index contributed by atoms with van der Waals surface area (Å²) < 4.78 is 0. The van der Waals surface area contributed by atoms with Crippen molar-refractivity contribution in [3.8, 4) is 0 Å². The number of carboxylic acids is 1. The Hall–Kier alpha value is -2.04. The van der Waals surface area contributed by atoms with Crippen molar-refractivity contribution >= 4 is 12.0 Å². The topological polar surface area (TPSA) is 78.4 Å². The molecule has 2 atom stereocenters. The number of nitrogens with one attached hydrogen (secondary N) is 2. The first-order valence-corrected chi connectivity index (χ1v) is 7.22. The molecule has 0 radical (unpaired) electrons. The molecule has 0 aliphatic heterocycles. The number of carboxylic acid groups (broad SMARTS) is 1. The van der Waals surface area contributed by atoms with Crippen LogP contribution in [0.25, 0.3) is 0 Å². The van der Waals surface area contributed by atoms with Gasteiger partial charge in [-0.25, -0.2) is 9.59 Å². The monoisotopic (exact) mass is 292 g/mol. The average molecular weight is 292 g/mol. The molecule has 2 amide bonds. The molecule has 0 fully saturated rings. The first-order valence-electron chi connectivity index (χ1n) is 7.22. The third kappa shape index (κ3) is 6.79. The molecule has 0 saturated carbocycles. The molecule has 0 aromatic heterocycles. The Morgan fingerprint density at radius 2 is 1.71 bits per heavy atom. The summed E-state index contributed by atoms with van der Waals surface area (Å²) >= 11 is 0. The Labute approximate surface area is 125 Å². The molecular formula is C16H24N2O3. The lowest BCUT2D eigenvalue weighted by Crippen LogP contribution is -2.49. The standard InChI is InChI=1S/C16H24N2O3/c1-11(2)9-12(3)17-16(21)18-14(15(19)20)10-13-7-5-4-6-8-13/h4-8,11-12,14H,9-10H2,1-3H3,(H,19,20)(H2,17,18,21)/t12?,14-/m0/s1. The Morgan fingerprint density at radius 3 is 2.24 bits per heavy atom. The molecule has 0 bridgehead atoms. The smallest absolute Gasteiger partial charge is 0.326 e. The second kappa shape index (κ2) is 8.29. The van der Waals surface area contributed by atoms with Crippen LogP contribution in [0.4, 0.5) is 4.79 Å². The van der Waals surface area contributed by atoms with Crippen molar-refractivity contribution in [3.63, 3.8) is 0 Å². The lowest BCUT2D eigenvalue weighted by Gasteiger charge is -2.19. The van der Waals surface area contributed by atoms with Crippen LogP contribution in [0, 0.1) is 5.92 Å². The molecule has 1 aromatic carbocycles. The maximum absolute atomic E-state index is 11.9. The van der Waals surface area contributed by atoms with Crippen molar-refractivity contribution in [2.24, 2.45) is 5.92 Å². The zero-order valence-corrected chi connectivity index (χ0v) is 12.8. The average Bonchev–Trinajstić information content (AvgIpc) is 2.37. The van der Waals surface area contributed by atoms with Gasteiger partial charge in [0, 0.05) is 12.5 Å². The SMILES string of the molecule is CC(C)CC(C)NC(=O)N[C@@H](Cc1ccccc1)C(=O)O. The van der Waals surface area contributed by atoms with Crippen molar-refractivity contribution in [1.29, 1.82) is 0 Å². The molecular weight excluding hydrogens is 268 g/mol. The van der Waals surface area contributed by atoms with Gasteiger partial charge in [0.1, 0.15) is 6.04 Å². The van der Waals surface area contributed by atoms with Gasteiger partial charge in [0.05, 0.1) is 0 Å². The summed E-state index contributed by atoms with van der Waals surface area (Å²) in [6, 6.07) is 7.89. The fourth-order valence-corrected chi connectivity index (χ4v) is 2.24. The number of urea groups is 1. The number of hydrogen-bond acceptors (Lipinski definition) is 2. The molecule has 0 aliphatic rings. The molecule has 5 heteroatoms. The van der Waals surface area contributed by atoms with E-state index >= 15 is 0 Å². The zero-order valence-electron chi connectivity index (χ0n) is 12.8. The summed E-state index contributed by atoms with van der Waals surface area (Å²) in [6.45, 7) is 6.06. The number of rotatable bonds is 7. The largest absolute Gasteiger partial charge is 0.480 e. The predicted octanol–water partition coefficient (Wildman–Crippen LogP) is 2.42. The number of carbonyl (C=O) groups excluding carboxylic acids is 1. The number of carbonyl (C=O) groups is 2. The predicted molar refractivity (Wildman–Crippen MR) is 82.2 cm³/mol. The van der Waals surface area contributed by atoms with Crippen LogP contribution in [0.2, 0.25) is 0 Å². The molecule has 1 aromatic rings. The summed E-state index contributed by atoms with van der Waals surface area (Å²) in [5.41, 5.74) is 0.875. The summed E-state index contributed by atoms with van der Waals surface area (Å²) in [4.78, 5) is 23.1. The molecule has 1 rings (SSSR count). The van der Waals surface area contributed by atoms with Crippen LogP contribution < -0.4 is 10.6 Å². The summed E-state index contributed by atoms with van der Waals surface area (Å²) in [7, 11) is 0. The van der Waals surface area contributed by atoms with Crippen LogP contribution in [0.3, 0.4) is 0 Å². The van der Waals surface area contributed by atoms with Gasteiger partial charge in [0.25, 0.3) is 0 Å². The highest BCUT2D eigenvalue weighted by atomic mass is 16.4. The minimum Gasteiger partial charge on any atom is -0.480 e. The molecule has 1 unspecified atom stereocenters. The number of hydrogen-bond donors (Lipinski definition) is 3. The quantitative estimate of drug-likeness (QED) is 0.722. The van der Waals surface area contributed by atoms with Crippen molar-refractivity contribution in [1.82, 2.24) is 10.6 Å². The molecule has 5 nitrogen and oxygen atoms in total. The van der Waals surface area contributed by atoms with E-state index in [1.54, 1.807) is 0 Å². The summed E-state index contributed by atoms with van der Waals surface area (Å²) in [5, 5.41) is 14.5. The van der Waals surface area contributed by atoms with E-state index in [9.17, 15) is 14.7 Å². The highest BCUT2D eigenvalue weighted by Gasteiger charge is 2.21. The normalized spacial score (nSPS) is 13.5. The molecule has 116 valence electrons. The highest BCUT2D eigenvalue weighted by molar-refractivity contribution is 5.82. The summed E-state index contributed by atoms with van der Waals surface area (Å²) in [5.74, 6) is -0.564. The van der Waals surface area contributed by atoms with Crippen LogP contribution in [-0.2, 0) is 11.2 Å². The van der Waals surface area contributed by atoms with E-state index in [4.69, 9.17) is 0 Å². The summed E-state index contributed by atoms with van der Waals surface area (Å²) in [6.07, 6.45) is 1.12. The van der Waals surface area contributed by atoms with E-state index in [1.807, 2.05) is 37.3 Å². The first-order chi connectivity index (χ1) is 9.88. The minimum absolute atomic E-state index is 0.0103. The second-order valence-electron chi connectivity index (χ2n) is 5.73. The van der Waals surface area contributed by atoms with Gasteiger partial charge in [0.15, 0.2) is 0 Å². The fraction of sp³-hybridized carbons (Fsp3) is 0.500. The van der Waals surface area contributed by atoms with Crippen molar-refractivity contribution in [2.45, 2.75) is 45.7 Å². The Bertz CT molecular complexity index is 460. The highest BCUT2D eigenvalue weighted by Crippen LogP contribution is 2.05. The van der Waals surface area contributed by atoms with Crippen LogP contribution in [0.1, 0.15) is 32.8 Å². The van der Waals surface area contributed by atoms with E-state index in [-0.39, 0.29) is 12.5 Å². The van der Waals surface area contributed by atoms with Gasteiger partial charge in [-0.05, 0) is 24.8 Å². The van der Waals surface area contributed by atoms with Gasteiger partial charge >= 0.3 is 12.0 Å². The fourth-order valence-electron chi connectivity index (χ4n) is 2.24. The van der Waals surface area contributed by atoms with E-state index in [2.05, 4.69) is 24.5 Å². The molecule has 3 N–H and O–H groups in total. The van der Waals surface area contributed by atoms with Crippen LogP contribution in [0.15, 0.2) is 30.3 Å². The molecule has 0 heterocycles. The number of aliphatic carboxylic acids is 1. The van der Waals surface area contributed by atoms with E-state index in [0.29, 0.717) is 5.92 Å². The minimum atomic E-state index is -1.04. The van der Waals surface area contributed by atoms with Gasteiger partial charge in [-0.15, -0.1) is 0 Å². The molecule has 0 spiro atoms. The molecule has 0 saturated heterocycles. The number of benzene rings is 1. The Morgan fingerprint density at radius 1 is 1.10 bits per heavy atom. The van der Waals surface area contributed by atoms with Gasteiger partial charge in [0.2, 0.25) is 0 Å². The Kier molecular flexibility index (Phi) is 6.72. The van der Waals surface area contributed by atoms with Crippen LogP contribution in [0.5, 0.6) is 0 Å². The van der Waals surface area contributed by atoms with E-state index in [0.717, 1.165) is 12.0 Å². The van der Waals surface area contributed by atoms with Crippen molar-refractivity contribution in [3.05, 3.63) is 35.9 Å². The van der Waals surface area contributed by atoms with Gasteiger partial charge in [-0.1, -0.05) is 44.2 Å². The number of amides is 2. The van der Waals surface area contributed by atoms with Gasteiger partial charge in [-0.2, -0.15) is 0 Å². The third-order valence-electron chi connectivity index (χ3n) is 3.09. The van der Waals surface area contributed by atoms with E-state index < -0.39 is 18.0 Å². The molecule has 0 aliphatic carbocycles.